The largest absolute Gasteiger partial charge is 0.456 e. The van der Waals surface area contributed by atoms with Gasteiger partial charge in [-0.1, -0.05) is 140 Å². The second kappa shape index (κ2) is 13.3. The normalized spacial score (nSPS) is 11.9. The van der Waals surface area contributed by atoms with Gasteiger partial charge in [-0.05, 0) is 75.1 Å². The van der Waals surface area contributed by atoms with Gasteiger partial charge < -0.3 is 8.83 Å². The third-order valence-corrected chi connectivity index (χ3v) is 12.9. The Morgan fingerprint density at radius 1 is 0.361 bits per heavy atom. The van der Waals surface area contributed by atoms with E-state index in [9.17, 15) is 0 Å². The minimum atomic E-state index is 0.574. The molecule has 13 aromatic rings. The van der Waals surface area contributed by atoms with Gasteiger partial charge in [-0.25, -0.2) is 19.9 Å². The number of oxazole rings is 1. The van der Waals surface area contributed by atoms with Crippen LogP contribution in [0.3, 0.4) is 0 Å². The molecular formula is C54H30N4O2S. The van der Waals surface area contributed by atoms with Crippen LogP contribution in [0.1, 0.15) is 0 Å². The molecule has 61 heavy (non-hydrogen) atoms. The van der Waals surface area contributed by atoms with Crippen LogP contribution in [0.25, 0.3) is 132 Å². The molecule has 0 aliphatic rings. The van der Waals surface area contributed by atoms with E-state index in [1.54, 1.807) is 11.3 Å². The van der Waals surface area contributed by atoms with E-state index < -0.39 is 0 Å². The number of thiophene rings is 1. The van der Waals surface area contributed by atoms with Crippen LogP contribution in [-0.4, -0.2) is 19.9 Å². The molecule has 13 rings (SSSR count). The zero-order valence-corrected chi connectivity index (χ0v) is 33.2. The van der Waals surface area contributed by atoms with E-state index >= 15 is 0 Å². The van der Waals surface area contributed by atoms with Gasteiger partial charge in [0.05, 0.1) is 5.39 Å². The molecule has 0 radical (unpaired) electrons. The van der Waals surface area contributed by atoms with E-state index in [2.05, 4.69) is 133 Å². The first-order valence-corrected chi connectivity index (χ1v) is 21.0. The van der Waals surface area contributed by atoms with Crippen molar-refractivity contribution in [3.63, 3.8) is 0 Å². The molecule has 6 nitrogen and oxygen atoms in total. The predicted octanol–water partition coefficient (Wildman–Crippen LogP) is 14.9. The number of furan rings is 1. The molecule has 0 bridgehead atoms. The van der Waals surface area contributed by atoms with Crippen LogP contribution in [-0.2, 0) is 0 Å². The molecule has 7 heteroatoms. The number of fused-ring (bicyclic) bond motifs is 11. The van der Waals surface area contributed by atoms with Crippen molar-refractivity contribution in [2.75, 3.05) is 0 Å². The van der Waals surface area contributed by atoms with E-state index in [0.717, 1.165) is 82.4 Å². The minimum Gasteiger partial charge on any atom is -0.456 e. The Morgan fingerprint density at radius 2 is 1.00 bits per heavy atom. The molecule has 0 aliphatic heterocycles. The average molecular weight is 799 g/mol. The number of hydrogen-bond acceptors (Lipinski definition) is 7. The molecule has 0 spiro atoms. The van der Waals surface area contributed by atoms with Crippen molar-refractivity contribution in [1.29, 1.82) is 0 Å². The number of hydrogen-bond donors (Lipinski definition) is 0. The van der Waals surface area contributed by atoms with Gasteiger partial charge in [-0.2, -0.15) is 0 Å². The van der Waals surface area contributed by atoms with Crippen LogP contribution in [0.2, 0.25) is 0 Å². The third kappa shape index (κ3) is 5.41. The Balaban J connectivity index is 1.03. The lowest BCUT2D eigenvalue weighted by atomic mass is 9.99. The van der Waals surface area contributed by atoms with Crippen molar-refractivity contribution < 1.29 is 8.83 Å². The van der Waals surface area contributed by atoms with Crippen molar-refractivity contribution in [1.82, 2.24) is 19.9 Å². The molecule has 0 atom stereocenters. The summed E-state index contributed by atoms with van der Waals surface area (Å²) in [5.41, 5.74) is 8.78. The summed E-state index contributed by atoms with van der Waals surface area (Å²) in [6.45, 7) is 0. The van der Waals surface area contributed by atoms with E-state index in [0.29, 0.717) is 28.9 Å². The zero-order chi connectivity index (χ0) is 40.0. The molecule has 0 unspecified atom stereocenters. The fraction of sp³-hybridized carbons (Fsp3) is 0. The molecule has 4 aromatic heterocycles. The second-order valence-corrected chi connectivity index (χ2v) is 16.4. The topological polar surface area (TPSA) is 77.8 Å². The van der Waals surface area contributed by atoms with Crippen LogP contribution in [0.5, 0.6) is 0 Å². The van der Waals surface area contributed by atoms with Gasteiger partial charge in [0.1, 0.15) is 16.7 Å². The summed E-state index contributed by atoms with van der Waals surface area (Å²) in [5, 5.41) is 8.61. The van der Waals surface area contributed by atoms with Gasteiger partial charge >= 0.3 is 0 Å². The Morgan fingerprint density at radius 3 is 1.90 bits per heavy atom. The van der Waals surface area contributed by atoms with Crippen molar-refractivity contribution in [2.45, 2.75) is 0 Å². The Bertz CT molecular complexity index is 3900. The highest BCUT2D eigenvalue weighted by Gasteiger charge is 2.21. The van der Waals surface area contributed by atoms with Gasteiger partial charge in [0.15, 0.2) is 23.1 Å². The van der Waals surface area contributed by atoms with Gasteiger partial charge in [0, 0.05) is 47.8 Å². The monoisotopic (exact) mass is 798 g/mol. The maximum atomic E-state index is 6.73. The second-order valence-electron chi connectivity index (χ2n) is 15.3. The maximum absolute atomic E-state index is 6.73. The van der Waals surface area contributed by atoms with Crippen LogP contribution in [0, 0.1) is 0 Å². The molecular weight excluding hydrogens is 769 g/mol. The Hall–Kier alpha value is -8.00. The summed E-state index contributed by atoms with van der Waals surface area (Å²) in [6, 6.07) is 62.8. The SMILES string of the molecule is c1ccc(-c2ccccc2-c2nc(-c3ccc4c(c3)sc3ccccc34)nc(-c3ccc4ccc5oc6ccc7nc(-c8cccc9ccccc89)oc7c6c5c4c3)n2)cc1. The maximum Gasteiger partial charge on any atom is 0.227 e. The lowest BCUT2D eigenvalue weighted by Gasteiger charge is -2.12. The number of rotatable bonds is 5. The molecule has 284 valence electrons. The van der Waals surface area contributed by atoms with E-state index in [1.165, 1.54) is 20.2 Å². The van der Waals surface area contributed by atoms with Crippen LogP contribution in [0.15, 0.2) is 191 Å². The highest BCUT2D eigenvalue weighted by atomic mass is 32.1. The minimum absolute atomic E-state index is 0.574. The highest BCUT2D eigenvalue weighted by Crippen LogP contribution is 2.42. The van der Waals surface area contributed by atoms with Crippen molar-refractivity contribution in [3.05, 3.63) is 182 Å². The number of benzene rings is 9. The summed E-state index contributed by atoms with van der Waals surface area (Å²) in [5.74, 6) is 2.37. The van der Waals surface area contributed by atoms with Crippen molar-refractivity contribution >= 4 is 86.1 Å². The molecule has 0 N–H and O–H groups in total. The summed E-state index contributed by atoms with van der Waals surface area (Å²) in [7, 11) is 0. The van der Waals surface area contributed by atoms with Crippen LogP contribution >= 0.6 is 11.3 Å². The number of aromatic nitrogens is 4. The first-order chi connectivity index (χ1) is 30.2. The molecule has 0 amide bonds. The Labute approximate surface area is 352 Å². The van der Waals surface area contributed by atoms with Crippen molar-refractivity contribution in [3.8, 4) is 56.7 Å². The number of nitrogens with zero attached hydrogens (tertiary/aromatic N) is 4. The first kappa shape index (κ1) is 33.9. The van der Waals surface area contributed by atoms with Gasteiger partial charge in [0.25, 0.3) is 0 Å². The first-order valence-electron chi connectivity index (χ1n) is 20.2. The van der Waals surface area contributed by atoms with Gasteiger partial charge in [0.2, 0.25) is 5.89 Å². The fourth-order valence-electron chi connectivity index (χ4n) is 8.89. The smallest absolute Gasteiger partial charge is 0.227 e. The average Bonchev–Trinajstić information content (AvgIpc) is 4.04. The predicted molar refractivity (Wildman–Crippen MR) is 250 cm³/mol. The van der Waals surface area contributed by atoms with Gasteiger partial charge in [-0.3, -0.25) is 0 Å². The van der Waals surface area contributed by atoms with Crippen molar-refractivity contribution in [2.24, 2.45) is 0 Å². The van der Waals surface area contributed by atoms with E-state index in [-0.39, 0.29) is 0 Å². The standard InChI is InChI=1S/C54H30N4O2S/c1-2-11-31(12-3-1)36-15-6-7-18-40(36)53-57-51(56-52(58-53)35-23-25-39-38-17-8-9-20-46(38)61-47(39)30-35)34-22-21-33-24-27-44-48(42(33)29-34)49-45(59-44)28-26-43-50(49)60-54(55-43)41-19-10-14-32-13-4-5-16-37(32)41/h1-30H. The quantitative estimate of drug-likeness (QED) is 0.173. The summed E-state index contributed by atoms with van der Waals surface area (Å²) in [4.78, 5) is 20.7. The lowest BCUT2D eigenvalue weighted by Crippen LogP contribution is -2.01. The molecule has 4 heterocycles. The lowest BCUT2D eigenvalue weighted by molar-refractivity contribution is 0.623. The molecule has 0 saturated carbocycles. The highest BCUT2D eigenvalue weighted by molar-refractivity contribution is 7.25. The summed E-state index contributed by atoms with van der Waals surface area (Å²) >= 11 is 1.78. The Kier molecular flexibility index (Phi) is 7.37. The summed E-state index contributed by atoms with van der Waals surface area (Å²) < 4.78 is 15.7. The summed E-state index contributed by atoms with van der Waals surface area (Å²) in [6.07, 6.45) is 0. The van der Waals surface area contributed by atoms with Gasteiger partial charge in [-0.15, -0.1) is 11.3 Å². The van der Waals surface area contributed by atoms with E-state index in [4.69, 9.17) is 28.8 Å². The van der Waals surface area contributed by atoms with Crippen LogP contribution in [0.4, 0.5) is 0 Å². The fourth-order valence-corrected chi connectivity index (χ4v) is 10.0. The molecule has 0 aliphatic carbocycles. The third-order valence-electron chi connectivity index (χ3n) is 11.8. The molecule has 0 saturated heterocycles. The van der Waals surface area contributed by atoms with E-state index in [1.807, 2.05) is 48.5 Å². The van der Waals surface area contributed by atoms with Crippen LogP contribution < -0.4 is 0 Å². The molecule has 9 aromatic carbocycles. The zero-order valence-electron chi connectivity index (χ0n) is 32.3. The molecule has 0 fully saturated rings.